The fourth-order valence-electron chi connectivity index (χ4n) is 4.39. The molecule has 3 aromatic rings. The number of pyridine rings is 1. The molecule has 0 amide bonds. The molecule has 1 N–H and O–H groups in total. The summed E-state index contributed by atoms with van der Waals surface area (Å²) in [6, 6.07) is 10.6. The highest BCUT2D eigenvalue weighted by molar-refractivity contribution is 5.77. The van der Waals surface area contributed by atoms with Crippen LogP contribution in [0.1, 0.15) is 56.1 Å². The minimum absolute atomic E-state index is 0.361. The van der Waals surface area contributed by atoms with Crippen molar-refractivity contribution in [3.63, 3.8) is 0 Å². The van der Waals surface area contributed by atoms with Crippen molar-refractivity contribution in [2.24, 2.45) is 0 Å². The molecule has 3 heterocycles. The molecule has 5 nitrogen and oxygen atoms in total. The number of likely N-dealkylation sites (tertiary alicyclic amines) is 1. The van der Waals surface area contributed by atoms with Crippen LogP contribution in [-0.2, 0) is 5.72 Å². The molecule has 2 unspecified atom stereocenters. The molecule has 0 saturated carbocycles. The topological polar surface area (TPSA) is 54.2 Å². The first-order chi connectivity index (χ1) is 12.9. The lowest BCUT2D eigenvalue weighted by molar-refractivity contribution is -0.0888. The zero-order valence-corrected chi connectivity index (χ0v) is 16.6. The molecule has 1 fully saturated rings. The molecule has 2 atom stereocenters. The Bertz CT molecular complexity index is 946. The van der Waals surface area contributed by atoms with Gasteiger partial charge in [-0.2, -0.15) is 0 Å². The van der Waals surface area contributed by atoms with Gasteiger partial charge in [-0.3, -0.25) is 9.88 Å². The van der Waals surface area contributed by atoms with E-state index in [9.17, 15) is 5.11 Å². The van der Waals surface area contributed by atoms with Gasteiger partial charge in [0.1, 0.15) is 11.5 Å². The molecular formula is C22H28N4O. The molecule has 0 aliphatic carbocycles. The van der Waals surface area contributed by atoms with Gasteiger partial charge in [0.2, 0.25) is 0 Å². The van der Waals surface area contributed by atoms with Crippen LogP contribution in [0.25, 0.3) is 11.0 Å². The summed E-state index contributed by atoms with van der Waals surface area (Å²) in [4.78, 5) is 11.1. The number of benzene rings is 1. The van der Waals surface area contributed by atoms with Crippen LogP contribution in [0, 0.1) is 6.92 Å². The van der Waals surface area contributed by atoms with E-state index in [1.807, 2.05) is 38.2 Å². The second kappa shape index (κ2) is 6.73. The molecule has 0 spiro atoms. The first kappa shape index (κ1) is 18.1. The Hall–Kier alpha value is -2.24. The zero-order valence-electron chi connectivity index (χ0n) is 16.6. The minimum Gasteiger partial charge on any atom is -0.372 e. The van der Waals surface area contributed by atoms with E-state index in [0.29, 0.717) is 12.0 Å². The molecule has 1 aliphatic rings. The quantitative estimate of drug-likeness (QED) is 0.761. The summed E-state index contributed by atoms with van der Waals surface area (Å²) >= 11 is 0. The standard InChI is InChI=1S/C22H28N4O/c1-15(2)26-16(3)24-20-12-19(7-8-21(20)26)22(4,27)25-11-9-18(14-25)17-6-5-10-23-13-17/h5-8,10,12-13,15,18,27H,9,11,14H2,1-4H3. The van der Waals surface area contributed by atoms with Crippen LogP contribution >= 0.6 is 0 Å². The van der Waals surface area contributed by atoms with Crippen molar-refractivity contribution in [1.82, 2.24) is 19.4 Å². The van der Waals surface area contributed by atoms with Gasteiger partial charge in [0, 0.05) is 37.1 Å². The van der Waals surface area contributed by atoms with Crippen LogP contribution in [0.2, 0.25) is 0 Å². The number of aryl methyl sites for hydroxylation is 1. The second-order valence-corrected chi connectivity index (χ2v) is 8.07. The van der Waals surface area contributed by atoms with Gasteiger partial charge in [-0.15, -0.1) is 0 Å². The Morgan fingerprint density at radius 2 is 2.07 bits per heavy atom. The van der Waals surface area contributed by atoms with E-state index >= 15 is 0 Å². The summed E-state index contributed by atoms with van der Waals surface area (Å²) < 4.78 is 2.24. The summed E-state index contributed by atoms with van der Waals surface area (Å²) in [7, 11) is 0. The highest BCUT2D eigenvalue weighted by Crippen LogP contribution is 2.36. The highest BCUT2D eigenvalue weighted by Gasteiger charge is 2.37. The third-order valence-electron chi connectivity index (χ3n) is 5.89. The van der Waals surface area contributed by atoms with Gasteiger partial charge < -0.3 is 9.67 Å². The van der Waals surface area contributed by atoms with Gasteiger partial charge in [0.25, 0.3) is 0 Å². The first-order valence-corrected chi connectivity index (χ1v) is 9.74. The molecule has 27 heavy (non-hydrogen) atoms. The number of fused-ring (bicyclic) bond motifs is 1. The fraction of sp³-hybridized carbons (Fsp3) is 0.455. The Balaban J connectivity index is 1.62. The number of aliphatic hydroxyl groups is 1. The van der Waals surface area contributed by atoms with Crippen molar-refractivity contribution in [2.45, 2.75) is 51.8 Å². The lowest BCUT2D eigenvalue weighted by Crippen LogP contribution is -2.42. The maximum Gasteiger partial charge on any atom is 0.141 e. The van der Waals surface area contributed by atoms with Crippen LogP contribution < -0.4 is 0 Å². The van der Waals surface area contributed by atoms with Gasteiger partial charge in [-0.05, 0) is 63.8 Å². The first-order valence-electron chi connectivity index (χ1n) is 9.74. The van der Waals surface area contributed by atoms with Gasteiger partial charge in [-0.1, -0.05) is 12.1 Å². The monoisotopic (exact) mass is 364 g/mol. The number of aromatic nitrogens is 3. The maximum atomic E-state index is 11.4. The maximum absolute atomic E-state index is 11.4. The Kier molecular flexibility index (Phi) is 4.52. The fourth-order valence-corrected chi connectivity index (χ4v) is 4.39. The average Bonchev–Trinajstić information content (AvgIpc) is 3.26. The summed E-state index contributed by atoms with van der Waals surface area (Å²) in [5.41, 5.74) is 3.20. The molecule has 1 saturated heterocycles. The number of hydrogen-bond acceptors (Lipinski definition) is 4. The van der Waals surface area contributed by atoms with Crippen LogP contribution in [0.4, 0.5) is 0 Å². The van der Waals surface area contributed by atoms with Crippen molar-refractivity contribution in [3.8, 4) is 0 Å². The smallest absolute Gasteiger partial charge is 0.141 e. The third kappa shape index (κ3) is 3.15. The van der Waals surface area contributed by atoms with Gasteiger partial charge in [-0.25, -0.2) is 4.98 Å². The molecule has 4 rings (SSSR count). The zero-order chi connectivity index (χ0) is 19.2. The highest BCUT2D eigenvalue weighted by atomic mass is 16.3. The lowest BCUT2D eigenvalue weighted by Gasteiger charge is -2.34. The summed E-state index contributed by atoms with van der Waals surface area (Å²) in [5, 5.41) is 11.4. The Morgan fingerprint density at radius 1 is 1.26 bits per heavy atom. The molecular weight excluding hydrogens is 336 g/mol. The molecule has 5 heteroatoms. The largest absolute Gasteiger partial charge is 0.372 e. The van der Waals surface area contributed by atoms with Gasteiger partial charge >= 0.3 is 0 Å². The predicted octanol–water partition coefficient (Wildman–Crippen LogP) is 3.98. The van der Waals surface area contributed by atoms with Crippen molar-refractivity contribution >= 4 is 11.0 Å². The van der Waals surface area contributed by atoms with Crippen molar-refractivity contribution < 1.29 is 5.11 Å². The number of rotatable bonds is 4. The van der Waals surface area contributed by atoms with E-state index < -0.39 is 5.72 Å². The number of imidazole rings is 1. The summed E-state index contributed by atoms with van der Waals surface area (Å²) in [6.07, 6.45) is 4.78. The number of hydrogen-bond donors (Lipinski definition) is 1. The summed E-state index contributed by atoms with van der Waals surface area (Å²) in [5.74, 6) is 1.42. The van der Waals surface area contributed by atoms with Crippen LogP contribution in [-0.4, -0.2) is 37.6 Å². The molecule has 0 bridgehead atoms. The Labute approximate surface area is 160 Å². The van der Waals surface area contributed by atoms with E-state index in [1.54, 1.807) is 6.20 Å². The molecule has 0 radical (unpaired) electrons. The second-order valence-electron chi connectivity index (χ2n) is 8.07. The van der Waals surface area contributed by atoms with Crippen molar-refractivity contribution in [3.05, 3.63) is 59.7 Å². The predicted molar refractivity (Wildman–Crippen MR) is 108 cm³/mol. The van der Waals surface area contributed by atoms with Crippen LogP contribution in [0.15, 0.2) is 42.7 Å². The SMILES string of the molecule is Cc1nc2cc(C(C)(O)N3CCC(c4cccnc4)C3)ccc2n1C(C)C. The van der Waals surface area contributed by atoms with E-state index in [2.05, 4.69) is 40.4 Å². The van der Waals surface area contributed by atoms with Crippen LogP contribution in [0.3, 0.4) is 0 Å². The average molecular weight is 364 g/mol. The van der Waals surface area contributed by atoms with E-state index in [0.717, 1.165) is 41.9 Å². The third-order valence-corrected chi connectivity index (χ3v) is 5.89. The van der Waals surface area contributed by atoms with Gasteiger partial charge in [0.15, 0.2) is 0 Å². The van der Waals surface area contributed by atoms with Crippen molar-refractivity contribution in [2.75, 3.05) is 13.1 Å². The lowest BCUT2D eigenvalue weighted by atomic mass is 10.00. The summed E-state index contributed by atoms with van der Waals surface area (Å²) in [6.45, 7) is 9.96. The van der Waals surface area contributed by atoms with E-state index in [1.165, 1.54) is 5.56 Å². The number of nitrogens with zero attached hydrogens (tertiary/aromatic N) is 4. The molecule has 1 aromatic carbocycles. The molecule has 1 aliphatic heterocycles. The molecule has 142 valence electrons. The molecule has 2 aromatic heterocycles. The Morgan fingerprint density at radius 3 is 2.78 bits per heavy atom. The minimum atomic E-state index is -1.01. The van der Waals surface area contributed by atoms with Gasteiger partial charge in [0.05, 0.1) is 11.0 Å². The van der Waals surface area contributed by atoms with Crippen LogP contribution in [0.5, 0.6) is 0 Å². The van der Waals surface area contributed by atoms with E-state index in [-0.39, 0.29) is 0 Å². The normalized spacial score (nSPS) is 20.4. The van der Waals surface area contributed by atoms with Crippen molar-refractivity contribution in [1.29, 1.82) is 0 Å². The van der Waals surface area contributed by atoms with E-state index in [4.69, 9.17) is 4.98 Å².